The molecule has 0 radical (unpaired) electrons. The van der Waals surface area contributed by atoms with Crippen molar-refractivity contribution in [3.05, 3.63) is 60.2 Å². The molecule has 2 aromatic carbocycles. The van der Waals surface area contributed by atoms with Crippen LogP contribution in [0, 0.1) is 5.92 Å². The first-order valence-electron chi connectivity index (χ1n) is 9.15. The molecule has 0 unspecified atom stereocenters. The maximum atomic E-state index is 12.5. The quantitative estimate of drug-likeness (QED) is 0.765. The fraction of sp³-hybridized carbons (Fsp3) is 0.350. The van der Waals surface area contributed by atoms with Gasteiger partial charge >= 0.3 is 0 Å². The van der Waals surface area contributed by atoms with Gasteiger partial charge in [-0.15, -0.1) is 4.40 Å². The highest BCUT2D eigenvalue weighted by Crippen LogP contribution is 2.36. The summed E-state index contributed by atoms with van der Waals surface area (Å²) in [5.41, 5.74) is 1.67. The number of hydrogen-bond donors (Lipinski definition) is 2. The number of nitrogens with zero attached hydrogens (tertiary/aromatic N) is 2. The predicted octanol–water partition coefficient (Wildman–Crippen LogP) is 2.47. The van der Waals surface area contributed by atoms with Crippen molar-refractivity contribution in [2.24, 2.45) is 10.3 Å². The summed E-state index contributed by atoms with van der Waals surface area (Å²) in [5.74, 6) is 0.843. The Morgan fingerprint density at radius 3 is 2.48 bits per heavy atom. The van der Waals surface area contributed by atoms with E-state index in [0.717, 1.165) is 18.4 Å². The van der Waals surface area contributed by atoms with Crippen molar-refractivity contribution in [2.75, 3.05) is 18.5 Å². The Labute approximate surface area is 159 Å². The Hall–Kier alpha value is -2.22. The van der Waals surface area contributed by atoms with E-state index < -0.39 is 10.0 Å². The highest BCUT2D eigenvalue weighted by atomic mass is 32.2. The molecule has 0 aromatic heterocycles. The highest BCUT2D eigenvalue weighted by molar-refractivity contribution is 7.90. The van der Waals surface area contributed by atoms with Crippen LogP contribution in [0.4, 0.5) is 5.69 Å². The Bertz CT molecular complexity index is 940. The number of sulfonamides is 1. The van der Waals surface area contributed by atoms with E-state index in [2.05, 4.69) is 14.6 Å². The van der Waals surface area contributed by atoms with Crippen molar-refractivity contribution in [1.82, 2.24) is 4.90 Å². The average molecular weight is 385 g/mol. The first-order chi connectivity index (χ1) is 13.1. The minimum atomic E-state index is -3.71. The van der Waals surface area contributed by atoms with E-state index in [1.807, 2.05) is 30.3 Å². The van der Waals surface area contributed by atoms with Crippen LogP contribution in [-0.4, -0.2) is 43.5 Å². The second-order valence-corrected chi connectivity index (χ2v) is 8.68. The lowest BCUT2D eigenvalue weighted by Crippen LogP contribution is -2.44. The van der Waals surface area contributed by atoms with Crippen LogP contribution in [0.1, 0.15) is 18.4 Å². The van der Waals surface area contributed by atoms with Crippen molar-refractivity contribution in [1.29, 1.82) is 0 Å². The van der Waals surface area contributed by atoms with Crippen molar-refractivity contribution in [3.63, 3.8) is 0 Å². The number of para-hydroxylation sites is 1. The summed E-state index contributed by atoms with van der Waals surface area (Å²) in [5, 5.41) is 13.1. The van der Waals surface area contributed by atoms with E-state index in [4.69, 9.17) is 0 Å². The molecule has 2 aromatic rings. The molecule has 1 atom stereocenters. The Balaban J connectivity index is 1.61. The van der Waals surface area contributed by atoms with E-state index in [1.165, 1.54) is 0 Å². The van der Waals surface area contributed by atoms with Crippen LogP contribution in [0.25, 0.3) is 0 Å². The monoisotopic (exact) mass is 385 g/mol. The standard InChI is InChI=1S/C20H23N3O3S/c24-14-18(16-10-11-16)23(12-15-6-2-1-3-7-15)13-20-21-17-8-4-5-9-19(17)27(25,26)22-20/h1-9,16,18,24H,10-14H2,(H,21,22)/t18-/m1/s1. The zero-order valence-corrected chi connectivity index (χ0v) is 15.8. The van der Waals surface area contributed by atoms with Gasteiger partial charge < -0.3 is 10.4 Å². The minimum Gasteiger partial charge on any atom is -0.395 e. The molecule has 1 aliphatic heterocycles. The molecule has 1 fully saturated rings. The van der Waals surface area contributed by atoms with Crippen LogP contribution >= 0.6 is 0 Å². The largest absolute Gasteiger partial charge is 0.395 e. The van der Waals surface area contributed by atoms with Crippen molar-refractivity contribution < 1.29 is 13.5 Å². The number of hydrogen-bond acceptors (Lipinski definition) is 5. The maximum absolute atomic E-state index is 12.5. The number of fused-ring (bicyclic) bond motifs is 1. The second-order valence-electron chi connectivity index (χ2n) is 7.11. The van der Waals surface area contributed by atoms with E-state index in [9.17, 15) is 13.5 Å². The van der Waals surface area contributed by atoms with Gasteiger partial charge in [-0.2, -0.15) is 8.42 Å². The van der Waals surface area contributed by atoms with E-state index in [-0.39, 0.29) is 17.5 Å². The third-order valence-electron chi connectivity index (χ3n) is 5.08. The lowest BCUT2D eigenvalue weighted by Gasteiger charge is -2.32. The third kappa shape index (κ3) is 4.05. The number of amidine groups is 1. The number of rotatable bonds is 7. The first-order valence-corrected chi connectivity index (χ1v) is 10.6. The molecule has 1 heterocycles. The zero-order valence-electron chi connectivity index (χ0n) is 15.0. The molecule has 2 aliphatic rings. The van der Waals surface area contributed by atoms with Crippen LogP contribution in [0.15, 0.2) is 63.9 Å². The van der Waals surface area contributed by atoms with Crippen molar-refractivity contribution in [2.45, 2.75) is 30.3 Å². The molecule has 1 saturated carbocycles. The fourth-order valence-electron chi connectivity index (χ4n) is 3.58. The highest BCUT2D eigenvalue weighted by Gasteiger charge is 2.36. The molecular formula is C20H23N3O3S. The molecule has 2 N–H and O–H groups in total. The van der Waals surface area contributed by atoms with Gasteiger partial charge in [-0.25, -0.2) is 0 Å². The third-order valence-corrected chi connectivity index (χ3v) is 6.45. The fourth-order valence-corrected chi connectivity index (χ4v) is 4.72. The maximum Gasteiger partial charge on any atom is 0.286 e. The summed E-state index contributed by atoms with van der Waals surface area (Å²) in [7, 11) is -3.71. The van der Waals surface area contributed by atoms with E-state index in [0.29, 0.717) is 30.5 Å². The Morgan fingerprint density at radius 2 is 1.78 bits per heavy atom. The lowest BCUT2D eigenvalue weighted by molar-refractivity contribution is 0.116. The zero-order chi connectivity index (χ0) is 18.9. The Morgan fingerprint density at radius 1 is 1.07 bits per heavy atom. The molecule has 0 saturated heterocycles. The minimum absolute atomic E-state index is 0.00502. The topological polar surface area (TPSA) is 82.0 Å². The van der Waals surface area contributed by atoms with Crippen LogP contribution < -0.4 is 5.32 Å². The van der Waals surface area contributed by atoms with Crippen molar-refractivity contribution in [3.8, 4) is 0 Å². The molecule has 142 valence electrons. The van der Waals surface area contributed by atoms with Gasteiger partial charge in [0.05, 0.1) is 18.8 Å². The first kappa shape index (κ1) is 18.2. The molecular weight excluding hydrogens is 362 g/mol. The molecule has 1 aliphatic carbocycles. The molecule has 4 rings (SSSR count). The number of benzene rings is 2. The molecule has 0 bridgehead atoms. The summed E-state index contributed by atoms with van der Waals surface area (Å²) in [6.45, 7) is 1.02. The SMILES string of the molecule is O=S1(=O)N=C(CN(Cc2ccccc2)[C@H](CO)C2CC2)Nc2ccccc21. The van der Waals surface area contributed by atoms with Crippen LogP contribution in [0.3, 0.4) is 0 Å². The Kier molecular flexibility index (Phi) is 4.99. The number of aliphatic hydroxyl groups excluding tert-OH is 1. The molecule has 27 heavy (non-hydrogen) atoms. The normalized spacial score (nSPS) is 19.1. The van der Waals surface area contributed by atoms with Gasteiger partial charge in [0, 0.05) is 12.6 Å². The van der Waals surface area contributed by atoms with Gasteiger partial charge in [-0.3, -0.25) is 4.90 Å². The number of nitrogens with one attached hydrogen (secondary N) is 1. The molecule has 6 nitrogen and oxygen atoms in total. The smallest absolute Gasteiger partial charge is 0.286 e. The summed E-state index contributed by atoms with van der Waals surface area (Å²) >= 11 is 0. The van der Waals surface area contributed by atoms with Crippen LogP contribution in [0.2, 0.25) is 0 Å². The number of anilines is 1. The predicted molar refractivity (Wildman–Crippen MR) is 105 cm³/mol. The summed E-state index contributed by atoms with van der Waals surface area (Å²) in [6, 6.07) is 16.8. The van der Waals surface area contributed by atoms with Crippen LogP contribution in [0.5, 0.6) is 0 Å². The second kappa shape index (κ2) is 7.42. The molecule has 0 amide bonds. The van der Waals surface area contributed by atoms with Gasteiger partial charge in [-0.05, 0) is 36.5 Å². The average Bonchev–Trinajstić information content (AvgIpc) is 3.48. The van der Waals surface area contributed by atoms with Gasteiger partial charge in [0.25, 0.3) is 10.0 Å². The van der Waals surface area contributed by atoms with Crippen molar-refractivity contribution >= 4 is 21.5 Å². The van der Waals surface area contributed by atoms with Gasteiger partial charge in [0.1, 0.15) is 10.7 Å². The number of aliphatic hydroxyl groups is 1. The lowest BCUT2D eigenvalue weighted by atomic mass is 10.1. The van der Waals surface area contributed by atoms with E-state index >= 15 is 0 Å². The van der Waals surface area contributed by atoms with Crippen LogP contribution in [-0.2, 0) is 16.6 Å². The molecule has 0 spiro atoms. The summed E-state index contributed by atoms with van der Waals surface area (Å²) in [4.78, 5) is 2.33. The van der Waals surface area contributed by atoms with E-state index in [1.54, 1.807) is 24.3 Å². The summed E-state index contributed by atoms with van der Waals surface area (Å²) in [6.07, 6.45) is 2.19. The summed E-state index contributed by atoms with van der Waals surface area (Å²) < 4.78 is 29.0. The molecule has 7 heteroatoms. The van der Waals surface area contributed by atoms with Gasteiger partial charge in [0.2, 0.25) is 0 Å². The van der Waals surface area contributed by atoms with Gasteiger partial charge in [-0.1, -0.05) is 42.5 Å². The van der Waals surface area contributed by atoms with Gasteiger partial charge in [0.15, 0.2) is 0 Å².